The molecule has 0 atom stereocenters. The number of benzene rings is 2. The number of carbonyl (C=O) groups is 2. The summed E-state index contributed by atoms with van der Waals surface area (Å²) in [6.07, 6.45) is 3.35. The van der Waals surface area contributed by atoms with E-state index in [9.17, 15) is 9.59 Å². The first-order valence-electron chi connectivity index (χ1n) is 8.60. The Hall–Kier alpha value is -2.88. The zero-order chi connectivity index (χ0) is 19.8. The van der Waals surface area contributed by atoms with Crippen molar-refractivity contribution < 1.29 is 14.3 Å². The largest absolute Gasteiger partial charge is 0.484 e. The van der Waals surface area contributed by atoms with Gasteiger partial charge in [0.15, 0.2) is 6.61 Å². The zero-order valence-corrected chi connectivity index (χ0v) is 17.1. The molecular weight excluding hydrogens is 471 g/mol. The standard InChI is InChI=1S/C20H19IN4O3/c21-16-5-7-18(8-6-16)28-14-20(27)22-12-15-3-1-4-17(11-15)24-19(26)13-25-10-2-9-23-25/h1-11H,12-14H2,(H,22,27)(H,24,26). The van der Waals surface area contributed by atoms with Gasteiger partial charge >= 0.3 is 0 Å². The molecule has 2 N–H and O–H groups in total. The van der Waals surface area contributed by atoms with Crippen molar-refractivity contribution in [3.63, 3.8) is 0 Å². The first-order valence-corrected chi connectivity index (χ1v) is 9.68. The van der Waals surface area contributed by atoms with Crippen molar-refractivity contribution in [1.29, 1.82) is 0 Å². The van der Waals surface area contributed by atoms with Crippen LogP contribution in [0.3, 0.4) is 0 Å². The smallest absolute Gasteiger partial charge is 0.258 e. The maximum atomic E-state index is 12.0. The van der Waals surface area contributed by atoms with E-state index in [0.717, 1.165) is 9.13 Å². The van der Waals surface area contributed by atoms with Gasteiger partial charge in [-0.15, -0.1) is 0 Å². The molecule has 2 aromatic carbocycles. The van der Waals surface area contributed by atoms with Crippen LogP contribution in [-0.4, -0.2) is 28.2 Å². The lowest BCUT2D eigenvalue weighted by molar-refractivity contribution is -0.123. The van der Waals surface area contributed by atoms with Gasteiger partial charge in [0.2, 0.25) is 5.91 Å². The third-order valence-electron chi connectivity index (χ3n) is 3.75. The Balaban J connectivity index is 1.45. The summed E-state index contributed by atoms with van der Waals surface area (Å²) >= 11 is 2.21. The monoisotopic (exact) mass is 490 g/mol. The van der Waals surface area contributed by atoms with Gasteiger partial charge in [-0.05, 0) is 70.6 Å². The normalized spacial score (nSPS) is 10.3. The molecule has 0 unspecified atom stereocenters. The molecule has 0 spiro atoms. The molecule has 0 aliphatic rings. The number of aromatic nitrogens is 2. The number of anilines is 1. The molecule has 2 amide bonds. The average Bonchev–Trinajstić information content (AvgIpc) is 3.19. The molecule has 0 aliphatic heterocycles. The van der Waals surface area contributed by atoms with E-state index in [1.165, 1.54) is 0 Å². The van der Waals surface area contributed by atoms with E-state index >= 15 is 0 Å². The van der Waals surface area contributed by atoms with E-state index in [0.29, 0.717) is 18.0 Å². The second-order valence-corrected chi connectivity index (χ2v) is 7.22. The van der Waals surface area contributed by atoms with Crippen molar-refractivity contribution in [2.45, 2.75) is 13.1 Å². The molecule has 28 heavy (non-hydrogen) atoms. The third-order valence-corrected chi connectivity index (χ3v) is 4.47. The van der Waals surface area contributed by atoms with Gasteiger partial charge in [-0.3, -0.25) is 14.3 Å². The van der Waals surface area contributed by atoms with Crippen molar-refractivity contribution in [2.24, 2.45) is 0 Å². The Morgan fingerprint density at radius 1 is 1.07 bits per heavy atom. The van der Waals surface area contributed by atoms with E-state index in [4.69, 9.17) is 4.74 Å². The van der Waals surface area contributed by atoms with Gasteiger partial charge in [-0.1, -0.05) is 12.1 Å². The van der Waals surface area contributed by atoms with Crippen LogP contribution >= 0.6 is 22.6 Å². The first kappa shape index (κ1) is 19.9. The molecule has 7 nitrogen and oxygen atoms in total. The highest BCUT2D eigenvalue weighted by atomic mass is 127. The average molecular weight is 490 g/mol. The molecule has 144 valence electrons. The minimum absolute atomic E-state index is 0.0547. The highest BCUT2D eigenvalue weighted by Crippen LogP contribution is 2.13. The molecule has 0 aliphatic carbocycles. The van der Waals surface area contributed by atoms with Crippen molar-refractivity contribution in [2.75, 3.05) is 11.9 Å². The molecule has 1 aromatic heterocycles. The summed E-state index contributed by atoms with van der Waals surface area (Å²) in [4.78, 5) is 24.0. The molecule has 0 bridgehead atoms. The fraction of sp³-hybridized carbons (Fsp3) is 0.150. The molecule has 0 fully saturated rings. The maximum absolute atomic E-state index is 12.0. The number of amides is 2. The van der Waals surface area contributed by atoms with Crippen LogP contribution in [0.5, 0.6) is 5.75 Å². The molecule has 0 radical (unpaired) electrons. The predicted octanol–water partition coefficient (Wildman–Crippen LogP) is 2.82. The number of carbonyl (C=O) groups excluding carboxylic acids is 2. The Kier molecular flexibility index (Phi) is 7.01. The van der Waals surface area contributed by atoms with Gasteiger partial charge in [-0.25, -0.2) is 0 Å². The summed E-state index contributed by atoms with van der Waals surface area (Å²) < 4.78 is 8.11. The van der Waals surface area contributed by atoms with Crippen molar-refractivity contribution in [1.82, 2.24) is 15.1 Å². The third kappa shape index (κ3) is 6.38. The number of nitrogens with zero attached hydrogens (tertiary/aromatic N) is 2. The summed E-state index contributed by atoms with van der Waals surface area (Å²) in [5, 5.41) is 9.63. The van der Waals surface area contributed by atoms with Crippen molar-refractivity contribution >= 4 is 40.1 Å². The molecular formula is C20H19IN4O3. The van der Waals surface area contributed by atoms with Crippen molar-refractivity contribution in [3.05, 3.63) is 76.1 Å². The summed E-state index contributed by atoms with van der Waals surface area (Å²) in [5.74, 6) is 0.264. The Labute approximate surface area is 176 Å². The summed E-state index contributed by atoms with van der Waals surface area (Å²) in [6.45, 7) is 0.433. The van der Waals surface area contributed by atoms with Gasteiger partial charge in [0.25, 0.3) is 5.91 Å². The lowest BCUT2D eigenvalue weighted by Gasteiger charge is -2.10. The molecule has 8 heteroatoms. The van der Waals surface area contributed by atoms with Gasteiger partial charge in [0, 0.05) is 28.2 Å². The summed E-state index contributed by atoms with van der Waals surface area (Å²) in [6, 6.07) is 16.6. The van der Waals surface area contributed by atoms with Gasteiger partial charge in [0.05, 0.1) is 0 Å². The Morgan fingerprint density at radius 2 is 1.89 bits per heavy atom. The van der Waals surface area contributed by atoms with Crippen LogP contribution in [0.4, 0.5) is 5.69 Å². The molecule has 3 aromatic rings. The predicted molar refractivity (Wildman–Crippen MR) is 114 cm³/mol. The van der Waals surface area contributed by atoms with Crippen LogP contribution < -0.4 is 15.4 Å². The number of hydrogen-bond donors (Lipinski definition) is 2. The number of rotatable bonds is 8. The highest BCUT2D eigenvalue weighted by Gasteiger charge is 2.06. The number of halogens is 1. The highest BCUT2D eigenvalue weighted by molar-refractivity contribution is 14.1. The van der Waals surface area contributed by atoms with Crippen LogP contribution in [0.25, 0.3) is 0 Å². The maximum Gasteiger partial charge on any atom is 0.258 e. The molecule has 0 saturated heterocycles. The van der Waals surface area contributed by atoms with E-state index < -0.39 is 0 Å². The lowest BCUT2D eigenvalue weighted by Crippen LogP contribution is -2.28. The van der Waals surface area contributed by atoms with E-state index in [1.807, 2.05) is 42.5 Å². The number of nitrogens with one attached hydrogen (secondary N) is 2. The van der Waals surface area contributed by atoms with Crippen LogP contribution in [0, 0.1) is 3.57 Å². The van der Waals surface area contributed by atoms with E-state index in [1.54, 1.807) is 29.2 Å². The second kappa shape index (κ2) is 9.88. The Bertz CT molecular complexity index is 927. The SMILES string of the molecule is O=C(COc1ccc(I)cc1)NCc1cccc(NC(=O)Cn2cccn2)c1. The first-order chi connectivity index (χ1) is 13.6. The topological polar surface area (TPSA) is 85.3 Å². The molecule has 0 saturated carbocycles. The van der Waals surface area contributed by atoms with Gasteiger partial charge in [-0.2, -0.15) is 5.10 Å². The summed E-state index contributed by atoms with van der Waals surface area (Å²) in [7, 11) is 0. The van der Waals surface area contributed by atoms with Crippen molar-refractivity contribution in [3.8, 4) is 5.75 Å². The van der Waals surface area contributed by atoms with Crippen LogP contribution in [0.15, 0.2) is 67.0 Å². The fourth-order valence-electron chi connectivity index (χ4n) is 2.43. The van der Waals surface area contributed by atoms with E-state index in [2.05, 4.69) is 38.3 Å². The van der Waals surface area contributed by atoms with E-state index in [-0.39, 0.29) is 25.0 Å². The van der Waals surface area contributed by atoms with Gasteiger partial charge in [0.1, 0.15) is 12.3 Å². The number of hydrogen-bond acceptors (Lipinski definition) is 4. The minimum Gasteiger partial charge on any atom is -0.484 e. The quantitative estimate of drug-likeness (QED) is 0.476. The zero-order valence-electron chi connectivity index (χ0n) is 15.0. The fourth-order valence-corrected chi connectivity index (χ4v) is 2.79. The molecule has 1 heterocycles. The van der Waals surface area contributed by atoms with Gasteiger partial charge < -0.3 is 15.4 Å². The van der Waals surface area contributed by atoms with Crippen LogP contribution in [0.2, 0.25) is 0 Å². The number of ether oxygens (including phenoxy) is 1. The second-order valence-electron chi connectivity index (χ2n) is 5.97. The lowest BCUT2D eigenvalue weighted by atomic mass is 10.2. The Morgan fingerprint density at radius 3 is 2.64 bits per heavy atom. The minimum atomic E-state index is -0.216. The van der Waals surface area contributed by atoms with Crippen LogP contribution in [-0.2, 0) is 22.7 Å². The van der Waals surface area contributed by atoms with Crippen LogP contribution in [0.1, 0.15) is 5.56 Å². The summed E-state index contributed by atoms with van der Waals surface area (Å²) in [5.41, 5.74) is 1.54. The molecule has 3 rings (SSSR count).